The molecule has 6 unspecified atom stereocenters. The normalized spacial score (nSPS) is 49.0. The monoisotopic (exact) mass is 417 g/mol. The SMILES string of the molecule is COC(=O)CCC(C)[C@H]1CCC2C1(C)CCC1(N)C3(C)CCCCC3CC(=O)[C@@]21C. The van der Waals surface area contributed by atoms with E-state index in [1.165, 1.54) is 32.8 Å². The van der Waals surface area contributed by atoms with Crippen molar-refractivity contribution in [3.63, 3.8) is 0 Å². The van der Waals surface area contributed by atoms with Crippen LogP contribution >= 0.6 is 0 Å². The Kier molecular flexibility index (Phi) is 5.44. The van der Waals surface area contributed by atoms with Crippen LogP contribution in [0.5, 0.6) is 0 Å². The summed E-state index contributed by atoms with van der Waals surface area (Å²) < 4.78 is 4.87. The van der Waals surface area contributed by atoms with Gasteiger partial charge in [0.2, 0.25) is 0 Å². The van der Waals surface area contributed by atoms with Gasteiger partial charge < -0.3 is 10.5 Å². The molecular weight excluding hydrogens is 374 g/mol. The van der Waals surface area contributed by atoms with E-state index in [1.54, 1.807) is 0 Å². The van der Waals surface area contributed by atoms with Crippen molar-refractivity contribution in [3.8, 4) is 0 Å². The maximum absolute atomic E-state index is 13.8. The van der Waals surface area contributed by atoms with Crippen LogP contribution in [0.1, 0.15) is 98.3 Å². The number of ether oxygens (including phenoxy) is 1. The Bertz CT molecular complexity index is 721. The average molecular weight is 418 g/mol. The molecule has 0 aromatic heterocycles. The Morgan fingerprint density at radius 1 is 1.13 bits per heavy atom. The van der Waals surface area contributed by atoms with Crippen molar-refractivity contribution in [3.05, 3.63) is 0 Å². The number of ketones is 1. The number of hydrogen-bond donors (Lipinski definition) is 1. The van der Waals surface area contributed by atoms with Crippen molar-refractivity contribution in [2.75, 3.05) is 7.11 Å². The standard InChI is InChI=1S/C26H43NO3/c1-17(9-12-22(29)30-5)19-10-11-20-23(19,2)14-15-26(27)24(3)13-7-6-8-18(24)16-21(28)25(20,26)4/h17-20H,6-16,27H2,1-5H3/t17?,18?,19-,20?,23?,24?,25-,26?/m1/s1. The second kappa shape index (κ2) is 7.32. The van der Waals surface area contributed by atoms with Gasteiger partial charge in [0.1, 0.15) is 5.78 Å². The summed E-state index contributed by atoms with van der Waals surface area (Å²) in [6.45, 7) is 9.43. The van der Waals surface area contributed by atoms with Crippen LogP contribution in [-0.4, -0.2) is 24.4 Å². The minimum absolute atomic E-state index is 0.0871. The second-order valence-electron chi connectivity index (χ2n) is 12.0. The van der Waals surface area contributed by atoms with Crippen molar-refractivity contribution < 1.29 is 14.3 Å². The van der Waals surface area contributed by atoms with E-state index >= 15 is 0 Å². The summed E-state index contributed by atoms with van der Waals surface area (Å²) in [5.41, 5.74) is 6.88. The highest BCUT2D eigenvalue weighted by Crippen LogP contribution is 2.72. The molecular formula is C26H43NO3. The van der Waals surface area contributed by atoms with Crippen molar-refractivity contribution >= 4 is 11.8 Å². The number of hydrogen-bond acceptors (Lipinski definition) is 4. The molecule has 4 saturated carbocycles. The van der Waals surface area contributed by atoms with Crippen molar-refractivity contribution in [2.45, 2.75) is 104 Å². The molecule has 0 spiro atoms. The molecule has 170 valence electrons. The van der Waals surface area contributed by atoms with Gasteiger partial charge in [-0.2, -0.15) is 0 Å². The Morgan fingerprint density at radius 3 is 2.57 bits per heavy atom. The highest BCUT2D eigenvalue weighted by Gasteiger charge is 2.73. The number of Topliss-reactive ketones (excluding diaryl/α,β-unsaturated/α-hetero) is 1. The summed E-state index contributed by atoms with van der Waals surface area (Å²) >= 11 is 0. The van der Waals surface area contributed by atoms with E-state index in [1.807, 2.05) is 0 Å². The lowest BCUT2D eigenvalue weighted by Gasteiger charge is -2.70. The largest absolute Gasteiger partial charge is 0.469 e. The topological polar surface area (TPSA) is 69.4 Å². The molecule has 4 nitrogen and oxygen atoms in total. The van der Waals surface area contributed by atoms with Gasteiger partial charge in [-0.15, -0.1) is 0 Å². The quantitative estimate of drug-likeness (QED) is 0.632. The van der Waals surface area contributed by atoms with E-state index in [0.29, 0.717) is 35.9 Å². The third-order valence-corrected chi connectivity index (χ3v) is 11.2. The molecule has 0 saturated heterocycles. The highest BCUT2D eigenvalue weighted by molar-refractivity contribution is 5.88. The molecule has 4 aliphatic rings. The molecule has 2 N–H and O–H groups in total. The third kappa shape index (κ3) is 2.74. The minimum Gasteiger partial charge on any atom is -0.469 e. The predicted molar refractivity (Wildman–Crippen MR) is 119 cm³/mol. The van der Waals surface area contributed by atoms with Crippen LogP contribution in [0, 0.1) is 39.9 Å². The molecule has 0 radical (unpaired) electrons. The number of fused-ring (bicyclic) bond motifs is 5. The van der Waals surface area contributed by atoms with E-state index < -0.39 is 5.41 Å². The summed E-state index contributed by atoms with van der Waals surface area (Å²) in [6, 6.07) is 0. The van der Waals surface area contributed by atoms with E-state index in [9.17, 15) is 9.59 Å². The van der Waals surface area contributed by atoms with Gasteiger partial charge in [0, 0.05) is 23.8 Å². The summed E-state index contributed by atoms with van der Waals surface area (Å²) in [7, 11) is 1.47. The lowest BCUT2D eigenvalue weighted by molar-refractivity contribution is -0.189. The van der Waals surface area contributed by atoms with Gasteiger partial charge >= 0.3 is 5.97 Å². The molecule has 0 aromatic carbocycles. The third-order valence-electron chi connectivity index (χ3n) is 11.2. The van der Waals surface area contributed by atoms with Gasteiger partial charge in [-0.25, -0.2) is 0 Å². The molecule has 30 heavy (non-hydrogen) atoms. The first-order valence-electron chi connectivity index (χ1n) is 12.4. The van der Waals surface area contributed by atoms with Gasteiger partial charge in [0.25, 0.3) is 0 Å². The molecule has 4 aliphatic carbocycles. The van der Waals surface area contributed by atoms with Gasteiger partial charge in [-0.3, -0.25) is 9.59 Å². The lowest BCUT2D eigenvalue weighted by atomic mass is 9.35. The van der Waals surface area contributed by atoms with Crippen LogP contribution in [0.4, 0.5) is 0 Å². The van der Waals surface area contributed by atoms with Crippen molar-refractivity contribution in [1.82, 2.24) is 0 Å². The van der Waals surface area contributed by atoms with Crippen LogP contribution < -0.4 is 5.73 Å². The van der Waals surface area contributed by atoms with E-state index in [2.05, 4.69) is 27.7 Å². The van der Waals surface area contributed by atoms with Crippen LogP contribution in [0.15, 0.2) is 0 Å². The first-order chi connectivity index (χ1) is 14.0. The Hall–Kier alpha value is -0.900. The summed E-state index contributed by atoms with van der Waals surface area (Å²) in [4.78, 5) is 25.5. The number of nitrogens with two attached hydrogens (primary N) is 1. The lowest BCUT2D eigenvalue weighted by Crippen LogP contribution is -2.77. The molecule has 4 rings (SSSR count). The predicted octanol–water partition coefficient (Wildman–Crippen LogP) is 5.28. The Balaban J connectivity index is 1.65. The number of methoxy groups -OCH3 is 1. The fourth-order valence-corrected chi connectivity index (χ4v) is 9.27. The van der Waals surface area contributed by atoms with Crippen LogP contribution in [0.25, 0.3) is 0 Å². The second-order valence-corrected chi connectivity index (χ2v) is 12.0. The van der Waals surface area contributed by atoms with E-state index in [-0.39, 0.29) is 22.3 Å². The minimum atomic E-state index is -0.417. The maximum Gasteiger partial charge on any atom is 0.305 e. The molecule has 4 fully saturated rings. The van der Waals surface area contributed by atoms with Crippen molar-refractivity contribution in [2.24, 2.45) is 45.7 Å². The van der Waals surface area contributed by atoms with Crippen LogP contribution in [0.3, 0.4) is 0 Å². The van der Waals surface area contributed by atoms with E-state index in [4.69, 9.17) is 10.5 Å². The summed E-state index contributed by atoms with van der Waals surface area (Å²) in [5, 5.41) is 0. The zero-order valence-electron chi connectivity index (χ0n) is 19.9. The molecule has 0 bridgehead atoms. The average Bonchev–Trinajstić information content (AvgIpc) is 3.08. The molecule has 0 aliphatic heterocycles. The van der Waals surface area contributed by atoms with Crippen LogP contribution in [0.2, 0.25) is 0 Å². The van der Waals surface area contributed by atoms with Gasteiger partial charge in [0.05, 0.1) is 7.11 Å². The number of esters is 1. The number of rotatable bonds is 4. The zero-order chi connectivity index (χ0) is 21.9. The Morgan fingerprint density at radius 2 is 1.87 bits per heavy atom. The highest BCUT2D eigenvalue weighted by atomic mass is 16.5. The molecule has 4 heteroatoms. The van der Waals surface area contributed by atoms with E-state index in [0.717, 1.165) is 38.5 Å². The zero-order valence-corrected chi connectivity index (χ0v) is 19.9. The number of carbonyl (C=O) groups is 2. The fourth-order valence-electron chi connectivity index (χ4n) is 9.27. The van der Waals surface area contributed by atoms with Gasteiger partial charge in [0.15, 0.2) is 0 Å². The fraction of sp³-hybridized carbons (Fsp3) is 0.923. The Labute approximate surface area is 183 Å². The van der Waals surface area contributed by atoms with Crippen molar-refractivity contribution in [1.29, 1.82) is 0 Å². The van der Waals surface area contributed by atoms with Gasteiger partial charge in [-0.05, 0) is 79.4 Å². The number of carbonyl (C=O) groups excluding carboxylic acids is 2. The maximum atomic E-state index is 13.8. The summed E-state index contributed by atoms with van der Waals surface area (Å²) in [5.74, 6) is 2.19. The first kappa shape index (κ1) is 22.3. The van der Waals surface area contributed by atoms with Gasteiger partial charge in [-0.1, -0.05) is 40.5 Å². The molecule has 0 heterocycles. The molecule has 0 amide bonds. The molecule has 0 aromatic rings. The molecule has 8 atom stereocenters. The first-order valence-corrected chi connectivity index (χ1v) is 12.4. The smallest absolute Gasteiger partial charge is 0.305 e. The van der Waals surface area contributed by atoms with Crippen LogP contribution in [-0.2, 0) is 14.3 Å². The summed E-state index contributed by atoms with van der Waals surface area (Å²) in [6.07, 6.45) is 11.3.